The zero-order chi connectivity index (χ0) is 23.0. The van der Waals surface area contributed by atoms with Crippen LogP contribution < -0.4 is 0 Å². The third-order valence-electron chi connectivity index (χ3n) is 6.10. The third-order valence-corrected chi connectivity index (χ3v) is 7.01. The predicted molar refractivity (Wildman–Crippen MR) is 125 cm³/mol. The van der Waals surface area contributed by atoms with E-state index in [0.29, 0.717) is 31.2 Å². The van der Waals surface area contributed by atoms with Crippen LogP contribution in [0, 0.1) is 27.7 Å². The molecule has 0 N–H and O–H groups in total. The molecule has 3 heterocycles. The van der Waals surface area contributed by atoms with Gasteiger partial charge in [-0.05, 0) is 74.4 Å². The van der Waals surface area contributed by atoms with Crippen molar-refractivity contribution < 1.29 is 19.1 Å². The quantitative estimate of drug-likeness (QED) is 0.662. The summed E-state index contributed by atoms with van der Waals surface area (Å²) in [5.74, 6) is -0.650. The number of carbonyl (C=O) groups excluding carboxylic acids is 3. The molecule has 0 radical (unpaired) electrons. The van der Waals surface area contributed by atoms with Crippen molar-refractivity contribution in [3.63, 3.8) is 0 Å². The zero-order valence-electron chi connectivity index (χ0n) is 18.8. The van der Waals surface area contributed by atoms with E-state index in [9.17, 15) is 14.4 Å². The number of hydrogen-bond donors (Lipinski definition) is 0. The molecule has 7 nitrogen and oxygen atoms in total. The van der Waals surface area contributed by atoms with Crippen LogP contribution in [0.5, 0.6) is 0 Å². The van der Waals surface area contributed by atoms with Crippen molar-refractivity contribution in [1.29, 1.82) is 0 Å². The molecule has 2 saturated heterocycles. The summed E-state index contributed by atoms with van der Waals surface area (Å²) in [6.45, 7) is 9.90. The van der Waals surface area contributed by atoms with Gasteiger partial charge in [-0.25, -0.2) is 0 Å². The van der Waals surface area contributed by atoms with Crippen molar-refractivity contribution in [3.8, 4) is 5.69 Å². The Morgan fingerprint density at radius 1 is 1.12 bits per heavy atom. The zero-order valence-corrected chi connectivity index (χ0v) is 19.6. The largest absolute Gasteiger partial charge is 0.378 e. The van der Waals surface area contributed by atoms with Gasteiger partial charge in [0.1, 0.15) is 6.54 Å². The van der Waals surface area contributed by atoms with Crippen LogP contribution in [-0.4, -0.2) is 64.3 Å². The number of ether oxygens (including phenoxy) is 1. The van der Waals surface area contributed by atoms with E-state index in [-0.39, 0.29) is 12.5 Å². The lowest BCUT2D eigenvalue weighted by Crippen LogP contribution is -2.46. The molecule has 168 valence electrons. The molecule has 32 heavy (non-hydrogen) atoms. The van der Waals surface area contributed by atoms with Gasteiger partial charge >= 0.3 is 0 Å². The molecule has 0 saturated carbocycles. The summed E-state index contributed by atoms with van der Waals surface area (Å²) in [5, 5.41) is -0.411. The molecule has 2 aromatic rings. The van der Waals surface area contributed by atoms with E-state index in [0.717, 1.165) is 39.3 Å². The first-order valence-electron chi connectivity index (χ1n) is 10.6. The molecule has 1 aromatic heterocycles. The summed E-state index contributed by atoms with van der Waals surface area (Å²) in [5.41, 5.74) is 6.43. The molecule has 2 fully saturated rings. The molecule has 0 unspecified atom stereocenters. The highest BCUT2D eigenvalue weighted by atomic mass is 32.2. The van der Waals surface area contributed by atoms with E-state index in [4.69, 9.17) is 4.74 Å². The first-order chi connectivity index (χ1) is 15.3. The number of benzene rings is 1. The molecular weight excluding hydrogens is 426 g/mol. The first-order valence-corrected chi connectivity index (χ1v) is 11.5. The SMILES string of the molecule is Cc1cccc(-n2c(C)cc(/C=C3\SC(=O)N(CC(=O)N4CCOCC4)C3=O)c2C)c1C. The van der Waals surface area contributed by atoms with E-state index in [1.165, 1.54) is 11.1 Å². The predicted octanol–water partition coefficient (Wildman–Crippen LogP) is 3.61. The van der Waals surface area contributed by atoms with Gasteiger partial charge in [0.2, 0.25) is 5.91 Å². The number of nitrogens with zero attached hydrogens (tertiary/aromatic N) is 3. The van der Waals surface area contributed by atoms with Crippen molar-refractivity contribution in [2.75, 3.05) is 32.8 Å². The van der Waals surface area contributed by atoms with Gasteiger partial charge in [-0.2, -0.15) is 0 Å². The van der Waals surface area contributed by atoms with Crippen LogP contribution in [0.25, 0.3) is 11.8 Å². The fourth-order valence-corrected chi connectivity index (χ4v) is 4.94. The van der Waals surface area contributed by atoms with E-state index in [1.54, 1.807) is 11.0 Å². The molecule has 0 bridgehead atoms. The second-order valence-corrected chi connectivity index (χ2v) is 9.14. The average molecular weight is 454 g/mol. The molecule has 4 rings (SSSR count). The van der Waals surface area contributed by atoms with Gasteiger partial charge in [-0.1, -0.05) is 12.1 Å². The van der Waals surface area contributed by atoms with Gasteiger partial charge in [0, 0.05) is 30.2 Å². The molecule has 2 aliphatic rings. The Labute approximate surface area is 192 Å². The monoisotopic (exact) mass is 453 g/mol. The molecule has 0 aliphatic carbocycles. The lowest BCUT2D eigenvalue weighted by Gasteiger charge is -2.28. The number of hydrogen-bond acceptors (Lipinski definition) is 5. The Balaban J connectivity index is 1.58. The molecular formula is C24H27N3O4S. The number of aromatic nitrogens is 1. The minimum absolute atomic E-state index is 0.232. The molecule has 0 spiro atoms. The maximum Gasteiger partial charge on any atom is 0.294 e. The summed E-state index contributed by atoms with van der Waals surface area (Å²) in [7, 11) is 0. The van der Waals surface area contributed by atoms with Gasteiger partial charge < -0.3 is 14.2 Å². The highest BCUT2D eigenvalue weighted by Crippen LogP contribution is 2.34. The van der Waals surface area contributed by atoms with E-state index >= 15 is 0 Å². The summed E-state index contributed by atoms with van der Waals surface area (Å²) in [6.07, 6.45) is 1.76. The first kappa shape index (κ1) is 22.4. The maximum absolute atomic E-state index is 12.9. The van der Waals surface area contributed by atoms with Crippen molar-refractivity contribution >= 4 is 34.9 Å². The number of aryl methyl sites for hydroxylation is 2. The highest BCUT2D eigenvalue weighted by Gasteiger charge is 2.37. The molecule has 2 aliphatic heterocycles. The van der Waals surface area contributed by atoms with Crippen molar-refractivity contribution in [2.45, 2.75) is 27.7 Å². The Morgan fingerprint density at radius 3 is 2.56 bits per heavy atom. The average Bonchev–Trinajstić information content (AvgIpc) is 3.20. The second kappa shape index (κ2) is 8.96. The maximum atomic E-state index is 12.9. The van der Waals surface area contributed by atoms with Crippen LogP contribution in [0.15, 0.2) is 29.2 Å². The molecule has 0 atom stereocenters. The number of carbonyl (C=O) groups is 3. The van der Waals surface area contributed by atoms with Crippen LogP contribution in [0.4, 0.5) is 4.79 Å². The minimum Gasteiger partial charge on any atom is -0.378 e. The van der Waals surface area contributed by atoms with Crippen molar-refractivity contribution in [2.24, 2.45) is 0 Å². The molecule has 3 amide bonds. The highest BCUT2D eigenvalue weighted by molar-refractivity contribution is 8.18. The summed E-state index contributed by atoms with van der Waals surface area (Å²) < 4.78 is 7.42. The van der Waals surface area contributed by atoms with Gasteiger partial charge in [-0.15, -0.1) is 0 Å². The number of amides is 3. The van der Waals surface area contributed by atoms with Crippen LogP contribution in [0.1, 0.15) is 28.1 Å². The van der Waals surface area contributed by atoms with Gasteiger partial charge in [-0.3, -0.25) is 19.3 Å². The van der Waals surface area contributed by atoms with Crippen molar-refractivity contribution in [1.82, 2.24) is 14.4 Å². The van der Waals surface area contributed by atoms with Gasteiger partial charge in [0.25, 0.3) is 11.1 Å². The van der Waals surface area contributed by atoms with Gasteiger partial charge in [0.05, 0.1) is 18.1 Å². The molecule has 8 heteroatoms. The molecule has 1 aromatic carbocycles. The summed E-state index contributed by atoms with van der Waals surface area (Å²) in [6, 6.07) is 8.22. The Morgan fingerprint density at radius 2 is 1.84 bits per heavy atom. The van der Waals surface area contributed by atoms with Gasteiger partial charge in [0.15, 0.2) is 0 Å². The second-order valence-electron chi connectivity index (χ2n) is 8.14. The normalized spacial score (nSPS) is 18.2. The Kier molecular flexibility index (Phi) is 6.26. The van der Waals surface area contributed by atoms with E-state index < -0.39 is 11.1 Å². The Hall–Kier alpha value is -2.84. The van der Waals surface area contributed by atoms with Crippen LogP contribution in [-0.2, 0) is 14.3 Å². The number of rotatable bonds is 4. The van der Waals surface area contributed by atoms with Crippen LogP contribution in [0.3, 0.4) is 0 Å². The summed E-state index contributed by atoms with van der Waals surface area (Å²) in [4.78, 5) is 40.9. The third kappa shape index (κ3) is 4.12. The minimum atomic E-state index is -0.418. The Bertz CT molecular complexity index is 1130. The standard InChI is InChI=1S/C24H27N3O4S/c1-15-6-5-7-20(17(15)3)27-16(2)12-19(18(27)4)13-21-23(29)26(24(30)32-21)14-22(28)25-8-10-31-11-9-25/h5-7,12-13H,8-11,14H2,1-4H3/b21-13-. The van der Waals surface area contributed by atoms with E-state index in [1.807, 2.05) is 26.0 Å². The number of morpholine rings is 1. The lowest BCUT2D eigenvalue weighted by molar-refractivity contribution is -0.139. The van der Waals surface area contributed by atoms with Crippen LogP contribution in [0.2, 0.25) is 0 Å². The number of thioether (sulfide) groups is 1. The van der Waals surface area contributed by atoms with Crippen LogP contribution >= 0.6 is 11.8 Å². The smallest absolute Gasteiger partial charge is 0.294 e. The fourth-order valence-electron chi connectivity index (χ4n) is 4.11. The lowest BCUT2D eigenvalue weighted by atomic mass is 10.1. The van der Waals surface area contributed by atoms with E-state index in [2.05, 4.69) is 30.5 Å². The summed E-state index contributed by atoms with van der Waals surface area (Å²) >= 11 is 0.884. The topological polar surface area (TPSA) is 71.8 Å². The number of imide groups is 1. The fraction of sp³-hybridized carbons (Fsp3) is 0.375. The van der Waals surface area contributed by atoms with Crippen molar-refractivity contribution in [3.05, 3.63) is 57.2 Å².